The molecule has 1 saturated heterocycles. The summed E-state index contributed by atoms with van der Waals surface area (Å²) in [6.07, 6.45) is 2.87. The van der Waals surface area contributed by atoms with Crippen molar-refractivity contribution in [3.63, 3.8) is 0 Å². The van der Waals surface area contributed by atoms with Crippen molar-refractivity contribution in [3.05, 3.63) is 87.5 Å². The summed E-state index contributed by atoms with van der Waals surface area (Å²) in [5, 5.41) is 12.9. The van der Waals surface area contributed by atoms with Crippen molar-refractivity contribution < 1.29 is 24.1 Å². The van der Waals surface area contributed by atoms with Crippen LogP contribution in [-0.2, 0) is 9.59 Å². The van der Waals surface area contributed by atoms with E-state index in [0.717, 1.165) is 15.6 Å². The van der Waals surface area contributed by atoms with Crippen LogP contribution in [0.25, 0.3) is 0 Å². The van der Waals surface area contributed by atoms with Crippen LogP contribution in [0.3, 0.4) is 0 Å². The van der Waals surface area contributed by atoms with E-state index in [2.05, 4.69) is 0 Å². The third kappa shape index (κ3) is 4.37. The van der Waals surface area contributed by atoms with Crippen LogP contribution in [0.2, 0.25) is 0 Å². The topological polar surface area (TPSA) is 118 Å². The van der Waals surface area contributed by atoms with Gasteiger partial charge in [0.2, 0.25) is 0 Å². The number of ketones is 1. The highest BCUT2D eigenvalue weighted by Crippen LogP contribution is 2.39. The number of rotatable bonds is 7. The molecule has 1 heterocycles. The lowest BCUT2D eigenvalue weighted by atomic mass is 9.82. The second-order valence-electron chi connectivity index (χ2n) is 8.80. The van der Waals surface area contributed by atoms with E-state index in [1.54, 1.807) is 37.3 Å². The molecule has 0 N–H and O–H groups in total. The molecule has 3 amide bonds. The maximum absolute atomic E-state index is 13.8. The summed E-state index contributed by atoms with van der Waals surface area (Å²) < 4.78 is 0. The smallest absolute Gasteiger partial charge is 0.273 e. The first kappa shape index (κ1) is 24.0. The lowest BCUT2D eigenvalue weighted by Crippen LogP contribution is -2.57. The molecule has 1 fully saturated rings. The van der Waals surface area contributed by atoms with Gasteiger partial charge in [0.15, 0.2) is 5.78 Å². The first-order valence-corrected chi connectivity index (χ1v) is 11.4. The van der Waals surface area contributed by atoms with Gasteiger partial charge in [0.25, 0.3) is 23.4 Å². The molecule has 0 radical (unpaired) electrons. The number of nitro groups is 1. The maximum Gasteiger partial charge on any atom is 0.273 e. The number of carbonyl (C=O) groups excluding carboxylic acids is 4. The van der Waals surface area contributed by atoms with Gasteiger partial charge < -0.3 is 0 Å². The highest BCUT2D eigenvalue weighted by Gasteiger charge is 2.53. The van der Waals surface area contributed by atoms with Crippen molar-refractivity contribution in [2.75, 3.05) is 0 Å². The minimum absolute atomic E-state index is 0.0275. The lowest BCUT2D eigenvalue weighted by molar-refractivity contribution is -0.384. The van der Waals surface area contributed by atoms with Gasteiger partial charge in [0, 0.05) is 23.3 Å². The van der Waals surface area contributed by atoms with Crippen LogP contribution in [0, 0.1) is 22.0 Å². The Morgan fingerprint density at radius 1 is 1.03 bits per heavy atom. The quantitative estimate of drug-likeness (QED) is 0.197. The average Bonchev–Trinajstić information content (AvgIpc) is 3.11. The number of fused-ring (bicyclic) bond motifs is 1. The molecule has 9 heteroatoms. The average molecular weight is 476 g/mol. The Bertz CT molecular complexity index is 1220. The number of non-ortho nitro benzene ring substituents is 1. The summed E-state index contributed by atoms with van der Waals surface area (Å²) in [6, 6.07) is 12.1. The fourth-order valence-electron chi connectivity index (χ4n) is 4.73. The van der Waals surface area contributed by atoms with Gasteiger partial charge in [-0.1, -0.05) is 48.9 Å². The van der Waals surface area contributed by atoms with Gasteiger partial charge in [-0.2, -0.15) is 5.01 Å². The normalized spacial score (nSPS) is 20.2. The van der Waals surface area contributed by atoms with Crippen molar-refractivity contribution in [3.8, 4) is 0 Å². The third-order valence-electron chi connectivity index (χ3n) is 6.59. The first-order chi connectivity index (χ1) is 16.7. The van der Waals surface area contributed by atoms with E-state index in [1.165, 1.54) is 24.3 Å². The molecule has 2 aromatic carbocycles. The fraction of sp³-hybridized carbons (Fsp3) is 0.308. The van der Waals surface area contributed by atoms with E-state index in [1.807, 2.05) is 13.0 Å². The number of nitrogens with zero attached hydrogens (tertiary/aromatic N) is 3. The Morgan fingerprint density at radius 3 is 2.26 bits per heavy atom. The van der Waals surface area contributed by atoms with Gasteiger partial charge in [-0.3, -0.25) is 29.3 Å². The van der Waals surface area contributed by atoms with Crippen molar-refractivity contribution in [1.29, 1.82) is 0 Å². The van der Waals surface area contributed by atoms with E-state index in [0.29, 0.717) is 18.4 Å². The summed E-state index contributed by atoms with van der Waals surface area (Å²) >= 11 is 0. The third-order valence-corrected chi connectivity index (χ3v) is 6.59. The molecule has 0 aromatic heterocycles. The van der Waals surface area contributed by atoms with E-state index in [-0.39, 0.29) is 17.7 Å². The van der Waals surface area contributed by atoms with Crippen LogP contribution in [0.5, 0.6) is 0 Å². The number of benzene rings is 2. The summed E-state index contributed by atoms with van der Waals surface area (Å²) in [7, 11) is 0. The number of nitro benzene ring substituents is 1. The number of Topliss-reactive ketones (excluding diaryl/α,β-unsaturated/α-hetero) is 1. The molecular formula is C26H25N3O6. The molecule has 0 bridgehead atoms. The molecule has 3 atom stereocenters. The van der Waals surface area contributed by atoms with Gasteiger partial charge in [-0.05, 0) is 38.3 Å². The van der Waals surface area contributed by atoms with Crippen LogP contribution in [-0.4, -0.2) is 44.5 Å². The van der Waals surface area contributed by atoms with E-state index >= 15 is 0 Å². The minimum atomic E-state index is -1.12. The van der Waals surface area contributed by atoms with Gasteiger partial charge >= 0.3 is 0 Å². The lowest BCUT2D eigenvalue weighted by Gasteiger charge is -2.36. The molecule has 2 aromatic rings. The second-order valence-corrected chi connectivity index (χ2v) is 8.80. The van der Waals surface area contributed by atoms with Crippen molar-refractivity contribution in [2.24, 2.45) is 11.8 Å². The molecule has 0 spiro atoms. The van der Waals surface area contributed by atoms with Crippen molar-refractivity contribution >= 4 is 29.2 Å². The van der Waals surface area contributed by atoms with E-state index < -0.39 is 46.3 Å². The molecule has 0 saturated carbocycles. The summed E-state index contributed by atoms with van der Waals surface area (Å²) in [5.41, 5.74) is 1.16. The van der Waals surface area contributed by atoms with Gasteiger partial charge in [0.05, 0.1) is 16.8 Å². The fourth-order valence-corrected chi connectivity index (χ4v) is 4.73. The zero-order valence-electron chi connectivity index (χ0n) is 19.4. The first-order valence-electron chi connectivity index (χ1n) is 11.4. The number of carbonyl (C=O) groups is 4. The van der Waals surface area contributed by atoms with Crippen LogP contribution in [0.15, 0.2) is 66.2 Å². The molecule has 2 aliphatic rings. The molecule has 0 unspecified atom stereocenters. The Morgan fingerprint density at radius 2 is 1.66 bits per heavy atom. The van der Waals surface area contributed by atoms with E-state index in [4.69, 9.17) is 0 Å². The van der Waals surface area contributed by atoms with Crippen LogP contribution in [0.4, 0.5) is 5.69 Å². The van der Waals surface area contributed by atoms with Gasteiger partial charge in [-0.15, -0.1) is 0 Å². The molecular weight excluding hydrogens is 450 g/mol. The summed E-state index contributed by atoms with van der Waals surface area (Å²) in [5.74, 6) is -3.37. The van der Waals surface area contributed by atoms with E-state index in [9.17, 15) is 29.3 Å². The monoisotopic (exact) mass is 475 g/mol. The van der Waals surface area contributed by atoms with Crippen molar-refractivity contribution in [1.82, 2.24) is 10.0 Å². The predicted molar refractivity (Wildman–Crippen MR) is 126 cm³/mol. The molecule has 9 nitrogen and oxygen atoms in total. The maximum atomic E-state index is 13.8. The minimum Gasteiger partial charge on any atom is -0.292 e. The van der Waals surface area contributed by atoms with Gasteiger partial charge in [-0.25, -0.2) is 5.01 Å². The molecule has 1 aliphatic heterocycles. The van der Waals surface area contributed by atoms with Gasteiger partial charge in [0.1, 0.15) is 6.04 Å². The molecule has 180 valence electrons. The predicted octanol–water partition coefficient (Wildman–Crippen LogP) is 3.95. The Kier molecular flexibility index (Phi) is 6.59. The summed E-state index contributed by atoms with van der Waals surface area (Å²) in [4.78, 5) is 64.6. The number of hydrogen-bond acceptors (Lipinski definition) is 6. The highest BCUT2D eigenvalue weighted by atomic mass is 16.6. The van der Waals surface area contributed by atoms with Crippen LogP contribution >= 0.6 is 0 Å². The van der Waals surface area contributed by atoms with Crippen LogP contribution < -0.4 is 0 Å². The number of amides is 3. The highest BCUT2D eigenvalue weighted by molar-refractivity contribution is 6.10. The number of hydrazine groups is 1. The number of imide groups is 1. The number of allylic oxidation sites excluding steroid dienone is 2. The zero-order chi connectivity index (χ0) is 25.3. The standard InChI is InChI=1S/C26H25N3O6/c1-3-22(23(30)17-7-5-4-6-8-17)27(24(31)18-10-12-19(13-11-18)29(34)35)28-25(32)20-14-9-16(2)15-21(20)26(28)33/h4-13,20-22H,3,14-15H2,1-2H3/t20-,21-,22-/m1/s1. The molecule has 4 rings (SSSR count). The SMILES string of the molecule is CC[C@H](C(=O)c1ccccc1)N(C(=O)c1ccc([N+](=O)[O-])cc1)N1C(=O)[C@@H]2CC=C(C)C[C@H]2C1=O. The Hall–Kier alpha value is -4.14. The molecule has 1 aliphatic carbocycles. The number of hydrogen-bond donors (Lipinski definition) is 0. The second kappa shape index (κ2) is 9.61. The van der Waals surface area contributed by atoms with Crippen LogP contribution in [0.1, 0.15) is 53.8 Å². The zero-order valence-corrected chi connectivity index (χ0v) is 19.4. The Balaban J connectivity index is 1.78. The largest absolute Gasteiger partial charge is 0.292 e. The van der Waals surface area contributed by atoms with Crippen molar-refractivity contribution in [2.45, 2.75) is 39.2 Å². The Labute approximate surface area is 202 Å². The summed E-state index contributed by atoms with van der Waals surface area (Å²) in [6.45, 7) is 3.59. The molecule has 35 heavy (non-hydrogen) atoms.